The molecule has 186 valence electrons. The van der Waals surface area contributed by atoms with E-state index in [1.54, 1.807) is 0 Å². The second kappa shape index (κ2) is 7.76. The zero-order valence-electron chi connectivity index (χ0n) is 15.9. The maximum absolute atomic E-state index is 10.2. The molecule has 3 fully saturated rings. The predicted molar refractivity (Wildman–Crippen MR) is 78.8 cm³/mol. The Morgan fingerprint density at radius 3 is 1.91 bits per heavy atom. The van der Waals surface area contributed by atoms with E-state index in [2.05, 4.69) is 14.8 Å². The lowest BCUT2D eigenvalue weighted by Crippen LogP contribution is -2.81. The van der Waals surface area contributed by atoms with Crippen LogP contribution in [-0.2, 0) is 49.4 Å². The molecule has 6 atom stereocenters. The van der Waals surface area contributed by atoms with Crippen LogP contribution in [0.15, 0.2) is 24.3 Å². The van der Waals surface area contributed by atoms with Gasteiger partial charge in [-0.05, 0) is 12.1 Å². The summed E-state index contributed by atoms with van der Waals surface area (Å²) in [5, 5.41) is 10.0. The first kappa shape index (κ1) is 24.1. The molecule has 3 heterocycles. The summed E-state index contributed by atoms with van der Waals surface area (Å²) in [5.41, 5.74) is 5.60. The molecule has 3 aliphatic rings. The summed E-state index contributed by atoms with van der Waals surface area (Å²) in [4.78, 5) is 46.5. The molecule has 1 aromatic rings. The molecule has 0 spiro atoms. The first-order valence-electron chi connectivity index (χ1n) is 7.93. The second-order valence-corrected chi connectivity index (χ2v) is 5.91. The molecule has 33 heavy (non-hydrogen) atoms. The van der Waals surface area contributed by atoms with E-state index in [4.69, 9.17) is 75.4 Å². The maximum Gasteiger partial charge on any atom is 0.319 e. The number of anilines is 1. The van der Waals surface area contributed by atoms with Crippen LogP contribution in [0.5, 0.6) is 0 Å². The number of quaternary nitrogens is 5. The van der Waals surface area contributed by atoms with E-state index in [1.807, 2.05) is 0 Å². The fourth-order valence-electron chi connectivity index (χ4n) is 2.25. The van der Waals surface area contributed by atoms with Gasteiger partial charge in [-0.3, -0.25) is 0 Å². The lowest BCUT2D eigenvalue weighted by molar-refractivity contribution is -1.64. The summed E-state index contributed by atoms with van der Waals surface area (Å²) in [6.07, 6.45) is 0. The van der Waals surface area contributed by atoms with Crippen molar-refractivity contribution in [1.82, 2.24) is 21.0 Å². The normalized spacial score (nSPS) is 45.8. The Hall–Kier alpha value is -2.02. The van der Waals surface area contributed by atoms with Gasteiger partial charge in [-0.1, -0.05) is 23.4 Å². The van der Waals surface area contributed by atoms with Gasteiger partial charge in [0, 0.05) is 32.6 Å². The van der Waals surface area contributed by atoms with Crippen molar-refractivity contribution in [3.63, 3.8) is 0 Å². The molecule has 3 aliphatic heterocycles. The second-order valence-electron chi connectivity index (χ2n) is 5.91. The predicted octanol–water partition coefficient (Wildman–Crippen LogP) is -5.72. The molecule has 0 aromatic heterocycles. The Bertz CT molecular complexity index is 877. The molecular formula is C6H20N15O12+5. The number of hydrogen-bond donors (Lipinski definition) is 9. The maximum atomic E-state index is 10.2. The molecule has 1 aromatic carbocycles. The molecule has 0 saturated carbocycles. The monoisotopic (exact) mass is 494 g/mol. The number of nitrogen functional groups attached to an aromatic ring is 1. The van der Waals surface area contributed by atoms with Crippen molar-refractivity contribution in [2.45, 2.75) is 0 Å². The van der Waals surface area contributed by atoms with Gasteiger partial charge in [0.25, 0.3) is 31.3 Å². The molecule has 3 saturated heterocycles. The molecule has 0 aliphatic carbocycles. The molecule has 0 radical (unpaired) electrons. The van der Waals surface area contributed by atoms with E-state index in [0.717, 1.165) is 0 Å². The van der Waals surface area contributed by atoms with Gasteiger partial charge in [0.05, 0.1) is 20.5 Å². The van der Waals surface area contributed by atoms with E-state index in [1.165, 1.54) is 24.3 Å². The van der Waals surface area contributed by atoms with Gasteiger partial charge >= 0.3 is 5.08 Å². The lowest BCUT2D eigenvalue weighted by atomic mass is 10.3. The fraction of sp³-hybridized carbons (Fsp3) is 0. The van der Waals surface area contributed by atoms with Crippen LogP contribution in [0, 0.1) is 0 Å². The minimum Gasteiger partial charge on any atom is -0.399 e. The molecule has 16 N–H and O–H groups in total. The van der Waals surface area contributed by atoms with Gasteiger partial charge in [0.1, 0.15) is 0 Å². The van der Waals surface area contributed by atoms with Crippen molar-refractivity contribution in [1.29, 1.82) is 0 Å². The van der Waals surface area contributed by atoms with Crippen molar-refractivity contribution >= 4 is 11.4 Å². The van der Waals surface area contributed by atoms with Crippen LogP contribution < -0.4 is 45.8 Å². The van der Waals surface area contributed by atoms with Crippen LogP contribution in [0.1, 0.15) is 0 Å². The van der Waals surface area contributed by atoms with E-state index < -0.39 is 25.3 Å². The zero-order chi connectivity index (χ0) is 24.3. The van der Waals surface area contributed by atoms with Gasteiger partial charge in [-0.25, -0.2) is 11.7 Å². The third-order valence-electron chi connectivity index (χ3n) is 3.20. The Kier molecular flexibility index (Phi) is 5.67. The van der Waals surface area contributed by atoms with Crippen LogP contribution in [0.4, 0.5) is 11.4 Å². The van der Waals surface area contributed by atoms with Crippen molar-refractivity contribution in [3.8, 4) is 0 Å². The van der Waals surface area contributed by atoms with Gasteiger partial charge in [0.2, 0.25) is 0 Å². The SMILES string of the molecule is Nc1ccc([N+]23ON(O[N+](N)(O)O[N+](N)(O)O2)O[N+]2(N)ON(N)ON(N)O[N+](N)(O2)O3)cc1. The van der Waals surface area contributed by atoms with Crippen LogP contribution in [-0.4, -0.2) is 46.8 Å². The van der Waals surface area contributed by atoms with Gasteiger partial charge in [-0.15, -0.1) is 15.4 Å². The van der Waals surface area contributed by atoms with Crippen molar-refractivity contribution in [2.75, 3.05) is 5.73 Å². The quantitative estimate of drug-likeness (QED) is 0.0996. The van der Waals surface area contributed by atoms with Gasteiger partial charge in [-0.2, -0.15) is 0 Å². The summed E-state index contributed by atoms with van der Waals surface area (Å²) in [5.74, 6) is 32.8. The van der Waals surface area contributed by atoms with Crippen LogP contribution in [0.2, 0.25) is 0 Å². The Labute approximate surface area is 178 Å². The standard InChI is InChI=1S/C6H20N15O12/c7-5-1-3-6(4-2-5)17-27-16(28-18(10,22)32-19(11,23)30-17)29-20(12)25-14(8)24-15(9)26-21(13,31-17)33-20/h1-4,22-23H,7-13H2/q+5. The summed E-state index contributed by atoms with van der Waals surface area (Å²) in [6, 6.07) is 4.95. The minimum absolute atomic E-state index is 0.0571. The minimum atomic E-state index is -2.62. The van der Waals surface area contributed by atoms with Crippen molar-refractivity contribution in [2.24, 2.45) is 35.1 Å². The lowest BCUT2D eigenvalue weighted by Gasteiger charge is -2.36. The number of nitrogens with two attached hydrogens (primary N) is 7. The molecule has 27 heteroatoms. The largest absolute Gasteiger partial charge is 0.399 e. The Morgan fingerprint density at radius 1 is 0.667 bits per heavy atom. The first-order chi connectivity index (χ1) is 15.1. The third-order valence-corrected chi connectivity index (χ3v) is 3.20. The average molecular weight is 494 g/mol. The summed E-state index contributed by atoms with van der Waals surface area (Å²) < 4.78 is 0. The van der Waals surface area contributed by atoms with E-state index in [9.17, 15) is 10.4 Å². The highest BCUT2D eigenvalue weighted by Crippen LogP contribution is 2.37. The average Bonchev–Trinajstić information content (AvgIpc) is 2.55. The molecular weight excluding hydrogens is 474 g/mol. The zero-order valence-corrected chi connectivity index (χ0v) is 15.9. The first-order valence-corrected chi connectivity index (χ1v) is 7.93. The third kappa shape index (κ3) is 5.23. The molecule has 4 rings (SSSR count). The van der Waals surface area contributed by atoms with Crippen molar-refractivity contribution in [3.05, 3.63) is 24.3 Å². The Morgan fingerprint density at radius 2 is 1.27 bits per heavy atom. The molecule has 0 amide bonds. The summed E-state index contributed by atoms with van der Waals surface area (Å²) in [6.45, 7) is 0. The number of nitrogens with zero attached hydrogens (tertiary/aromatic N) is 8. The van der Waals surface area contributed by atoms with Gasteiger partial charge < -0.3 is 5.73 Å². The number of hydrogen-bond acceptors (Lipinski definition) is 22. The topological polar surface area (TPSA) is 325 Å². The summed E-state index contributed by atoms with van der Waals surface area (Å²) >= 11 is 0. The Balaban J connectivity index is 1.86. The number of hydrazine groups is 2. The van der Waals surface area contributed by atoms with E-state index in [-0.39, 0.29) is 27.4 Å². The smallest absolute Gasteiger partial charge is 0.319 e. The number of rotatable bonds is 1. The highest BCUT2D eigenvalue weighted by Gasteiger charge is 2.75. The van der Waals surface area contributed by atoms with Crippen molar-refractivity contribution < 1.29 is 80.1 Å². The number of benzene rings is 1. The fourth-order valence-corrected chi connectivity index (χ4v) is 2.25. The number of fused-ring (bicyclic) bond motifs is 4. The van der Waals surface area contributed by atoms with Gasteiger partial charge in [0.15, 0.2) is 19.8 Å². The molecule has 6 unspecified atom stereocenters. The van der Waals surface area contributed by atoms with Crippen LogP contribution in [0.25, 0.3) is 0 Å². The molecule has 4 bridgehead atoms. The van der Waals surface area contributed by atoms with Crippen LogP contribution in [0.3, 0.4) is 0 Å². The summed E-state index contributed by atoms with van der Waals surface area (Å²) in [7, 11) is 0. The molecule has 27 nitrogen and oxygen atoms in total. The highest BCUT2D eigenvalue weighted by atomic mass is 17.6. The van der Waals surface area contributed by atoms with E-state index >= 15 is 0 Å². The highest BCUT2D eigenvalue weighted by molar-refractivity contribution is 5.48. The van der Waals surface area contributed by atoms with Crippen LogP contribution >= 0.6 is 0 Å². The van der Waals surface area contributed by atoms with E-state index in [0.29, 0.717) is 0 Å².